The van der Waals surface area contributed by atoms with E-state index in [1.165, 1.54) is 0 Å². The maximum Gasteiger partial charge on any atom is 0.576 e. The van der Waals surface area contributed by atoms with Crippen LogP contribution in [0.5, 0.6) is 0 Å². The molecular weight excluding hydrogens is 239 g/mol. The van der Waals surface area contributed by atoms with Crippen LogP contribution in [0, 0.1) is 5.41 Å². The number of ketones is 1. The highest BCUT2D eigenvalue weighted by atomic mass is 19.4. The Morgan fingerprint density at radius 1 is 1.24 bits per heavy atom. The molecule has 1 saturated carbocycles. The summed E-state index contributed by atoms with van der Waals surface area (Å²) in [6, 6.07) is 0. The SMILES string of the molecule is O=C1CC2(CCN(C(=O)OC(F)(F)F)CC2)C1. The Labute approximate surface area is 95.7 Å². The molecule has 17 heavy (non-hydrogen) atoms. The third kappa shape index (κ3) is 2.70. The van der Waals surface area contributed by atoms with Crippen LogP contribution >= 0.6 is 0 Å². The summed E-state index contributed by atoms with van der Waals surface area (Å²) in [5.41, 5.74) is -0.0634. The van der Waals surface area contributed by atoms with Crippen LogP contribution in [-0.4, -0.2) is 36.2 Å². The zero-order chi connectivity index (χ0) is 12.7. The van der Waals surface area contributed by atoms with Crippen molar-refractivity contribution in [3.8, 4) is 0 Å². The van der Waals surface area contributed by atoms with Gasteiger partial charge in [-0.05, 0) is 18.3 Å². The molecule has 1 saturated heterocycles. The van der Waals surface area contributed by atoms with Crippen molar-refractivity contribution in [1.82, 2.24) is 4.90 Å². The Hall–Kier alpha value is -1.27. The van der Waals surface area contributed by atoms with E-state index in [0.717, 1.165) is 4.90 Å². The lowest BCUT2D eigenvalue weighted by Gasteiger charge is -2.46. The second-order valence-electron chi connectivity index (χ2n) is 4.69. The largest absolute Gasteiger partial charge is 0.576 e. The first-order chi connectivity index (χ1) is 7.80. The van der Waals surface area contributed by atoms with Crippen molar-refractivity contribution < 1.29 is 27.5 Å². The molecular formula is C10H12F3NO3. The molecule has 2 fully saturated rings. The summed E-state index contributed by atoms with van der Waals surface area (Å²) >= 11 is 0. The molecule has 0 radical (unpaired) electrons. The van der Waals surface area contributed by atoms with Gasteiger partial charge in [0.05, 0.1) is 0 Å². The van der Waals surface area contributed by atoms with E-state index in [-0.39, 0.29) is 24.3 Å². The lowest BCUT2D eigenvalue weighted by Crippen LogP contribution is -2.49. The summed E-state index contributed by atoms with van der Waals surface area (Å²) in [5, 5.41) is 0. The van der Waals surface area contributed by atoms with Gasteiger partial charge in [0, 0.05) is 25.9 Å². The van der Waals surface area contributed by atoms with E-state index in [1.54, 1.807) is 0 Å². The van der Waals surface area contributed by atoms with Gasteiger partial charge in [0.25, 0.3) is 0 Å². The van der Waals surface area contributed by atoms with Crippen LogP contribution in [0.2, 0.25) is 0 Å². The minimum atomic E-state index is -4.93. The summed E-state index contributed by atoms with van der Waals surface area (Å²) in [4.78, 5) is 23.1. The van der Waals surface area contributed by atoms with Gasteiger partial charge in [0.1, 0.15) is 5.78 Å². The third-order valence-electron chi connectivity index (χ3n) is 3.43. The average molecular weight is 251 g/mol. The zero-order valence-electron chi connectivity index (χ0n) is 9.05. The molecule has 96 valence electrons. The van der Waals surface area contributed by atoms with Crippen LogP contribution in [0.15, 0.2) is 0 Å². The number of nitrogens with zero attached hydrogens (tertiary/aromatic N) is 1. The van der Waals surface area contributed by atoms with Crippen molar-refractivity contribution in [2.45, 2.75) is 32.0 Å². The molecule has 0 N–H and O–H groups in total. The number of carbonyl (C=O) groups is 2. The summed E-state index contributed by atoms with van der Waals surface area (Å²) in [5.74, 6) is 0.191. The van der Waals surface area contributed by atoms with Crippen LogP contribution in [-0.2, 0) is 9.53 Å². The van der Waals surface area contributed by atoms with Crippen LogP contribution in [0.1, 0.15) is 25.7 Å². The summed E-state index contributed by atoms with van der Waals surface area (Å²) in [7, 11) is 0. The fourth-order valence-corrected chi connectivity index (χ4v) is 2.47. The average Bonchev–Trinajstić information content (AvgIpc) is 2.14. The van der Waals surface area contributed by atoms with Crippen molar-refractivity contribution in [3.63, 3.8) is 0 Å². The van der Waals surface area contributed by atoms with Crippen molar-refractivity contribution in [2.24, 2.45) is 5.41 Å². The van der Waals surface area contributed by atoms with Gasteiger partial charge in [0.2, 0.25) is 0 Å². The number of alkyl halides is 3. The molecule has 2 aliphatic rings. The lowest BCUT2D eigenvalue weighted by molar-refractivity contribution is -0.295. The fourth-order valence-electron chi connectivity index (χ4n) is 2.47. The lowest BCUT2D eigenvalue weighted by atomic mass is 9.62. The van der Waals surface area contributed by atoms with Gasteiger partial charge in [-0.15, -0.1) is 13.2 Å². The van der Waals surface area contributed by atoms with E-state index in [4.69, 9.17) is 0 Å². The smallest absolute Gasteiger partial charge is 0.356 e. The number of rotatable bonds is 0. The van der Waals surface area contributed by atoms with E-state index in [0.29, 0.717) is 25.7 Å². The number of piperidine rings is 1. The molecule has 4 nitrogen and oxygen atoms in total. The molecule has 0 aromatic heterocycles. The highest BCUT2D eigenvalue weighted by molar-refractivity contribution is 5.86. The first-order valence-electron chi connectivity index (χ1n) is 5.36. The van der Waals surface area contributed by atoms with E-state index in [2.05, 4.69) is 4.74 Å². The number of amides is 1. The van der Waals surface area contributed by atoms with Crippen molar-refractivity contribution in [1.29, 1.82) is 0 Å². The molecule has 0 bridgehead atoms. The number of hydrogen-bond donors (Lipinski definition) is 0. The standard InChI is InChI=1S/C10H12F3NO3/c11-10(12,13)17-8(16)14-3-1-9(2-4-14)5-7(15)6-9/h1-6H2. The minimum Gasteiger partial charge on any atom is -0.356 e. The molecule has 0 atom stereocenters. The second kappa shape index (κ2) is 3.89. The fraction of sp³-hybridized carbons (Fsp3) is 0.800. The Balaban J connectivity index is 1.83. The van der Waals surface area contributed by atoms with Gasteiger partial charge < -0.3 is 9.64 Å². The van der Waals surface area contributed by atoms with Crippen molar-refractivity contribution >= 4 is 11.9 Å². The Morgan fingerprint density at radius 3 is 2.18 bits per heavy atom. The molecule has 0 unspecified atom stereocenters. The predicted molar refractivity (Wildman–Crippen MR) is 50.0 cm³/mol. The number of hydrogen-bond acceptors (Lipinski definition) is 3. The van der Waals surface area contributed by atoms with Crippen LogP contribution in [0.4, 0.5) is 18.0 Å². The van der Waals surface area contributed by atoms with Gasteiger partial charge in [-0.1, -0.05) is 0 Å². The normalized spacial score (nSPS) is 23.5. The number of carbonyl (C=O) groups excluding carboxylic acids is 2. The first-order valence-corrected chi connectivity index (χ1v) is 5.36. The van der Waals surface area contributed by atoms with Gasteiger partial charge in [-0.25, -0.2) is 4.79 Å². The number of ether oxygens (including phenoxy) is 1. The van der Waals surface area contributed by atoms with E-state index >= 15 is 0 Å². The molecule has 1 heterocycles. The van der Waals surface area contributed by atoms with E-state index in [9.17, 15) is 22.8 Å². The molecule has 2 rings (SSSR count). The molecule has 1 amide bonds. The number of halogens is 3. The summed E-state index contributed by atoms with van der Waals surface area (Å²) in [6.45, 7) is 0.449. The quantitative estimate of drug-likeness (QED) is 0.662. The molecule has 1 aliphatic carbocycles. The van der Waals surface area contributed by atoms with Crippen molar-refractivity contribution in [3.05, 3.63) is 0 Å². The molecule has 1 spiro atoms. The molecule has 1 aliphatic heterocycles. The number of Topliss-reactive ketones (excluding diaryl/α,β-unsaturated/α-hetero) is 1. The topological polar surface area (TPSA) is 46.6 Å². The monoisotopic (exact) mass is 251 g/mol. The molecule has 0 aromatic carbocycles. The Morgan fingerprint density at radius 2 is 1.76 bits per heavy atom. The Bertz CT molecular complexity index is 335. The predicted octanol–water partition coefficient (Wildman–Crippen LogP) is 2.09. The number of likely N-dealkylation sites (tertiary alicyclic amines) is 1. The maximum absolute atomic E-state index is 11.8. The van der Waals surface area contributed by atoms with E-state index in [1.807, 2.05) is 0 Å². The van der Waals surface area contributed by atoms with Gasteiger partial charge in [-0.2, -0.15) is 0 Å². The Kier molecular flexibility index (Phi) is 2.79. The molecule has 7 heteroatoms. The third-order valence-corrected chi connectivity index (χ3v) is 3.43. The van der Waals surface area contributed by atoms with Crippen molar-refractivity contribution in [2.75, 3.05) is 13.1 Å². The van der Waals surface area contributed by atoms with Crippen LogP contribution in [0.25, 0.3) is 0 Å². The minimum absolute atomic E-state index is 0.0634. The summed E-state index contributed by atoms with van der Waals surface area (Å²) in [6.07, 6.45) is -4.14. The van der Waals surface area contributed by atoms with Crippen LogP contribution < -0.4 is 0 Å². The second-order valence-corrected chi connectivity index (χ2v) is 4.69. The highest BCUT2D eigenvalue weighted by Gasteiger charge is 2.46. The van der Waals surface area contributed by atoms with Gasteiger partial charge in [0.15, 0.2) is 0 Å². The first kappa shape index (κ1) is 12.2. The van der Waals surface area contributed by atoms with Gasteiger partial charge in [-0.3, -0.25) is 4.79 Å². The zero-order valence-corrected chi connectivity index (χ0v) is 9.05. The van der Waals surface area contributed by atoms with Gasteiger partial charge >= 0.3 is 12.5 Å². The van der Waals surface area contributed by atoms with E-state index < -0.39 is 12.5 Å². The van der Waals surface area contributed by atoms with Crippen LogP contribution in [0.3, 0.4) is 0 Å². The summed E-state index contributed by atoms with van der Waals surface area (Å²) < 4.78 is 38.8. The maximum atomic E-state index is 11.8. The highest BCUT2D eigenvalue weighted by Crippen LogP contribution is 2.46. The molecule has 0 aromatic rings.